The van der Waals surface area contributed by atoms with E-state index >= 15 is 0 Å². The minimum Gasteiger partial charge on any atom is -0.492 e. The normalized spacial score (nSPS) is 20.7. The van der Waals surface area contributed by atoms with E-state index in [0.29, 0.717) is 17.7 Å². The highest BCUT2D eigenvalue weighted by molar-refractivity contribution is 6.31. The van der Waals surface area contributed by atoms with Crippen LogP contribution >= 0.6 is 23.2 Å². The van der Waals surface area contributed by atoms with E-state index in [-0.39, 0.29) is 0 Å². The zero-order chi connectivity index (χ0) is 13.9. The fraction of sp³-hybridized carbons (Fsp3) is 0.250. The number of hydrogen-bond donors (Lipinski definition) is 0. The lowest BCUT2D eigenvalue weighted by Gasteiger charge is -2.08. The molecular weight excluding hydrogens is 293 g/mol. The minimum atomic E-state index is 0.463. The average molecular weight is 308 g/mol. The van der Waals surface area contributed by atoms with Crippen LogP contribution in [0.5, 0.6) is 5.75 Å². The van der Waals surface area contributed by atoms with Gasteiger partial charge in [-0.3, -0.25) is 4.90 Å². The summed E-state index contributed by atoms with van der Waals surface area (Å²) < 4.78 is 5.75. The fourth-order valence-corrected chi connectivity index (χ4v) is 2.55. The maximum Gasteiger partial charge on any atom is 0.120 e. The third-order valence-corrected chi connectivity index (χ3v) is 4.00. The van der Waals surface area contributed by atoms with Gasteiger partial charge in [0.25, 0.3) is 0 Å². The molecule has 20 heavy (non-hydrogen) atoms. The summed E-state index contributed by atoms with van der Waals surface area (Å²) >= 11 is 12.1. The third kappa shape index (κ3) is 3.45. The van der Waals surface area contributed by atoms with Gasteiger partial charge in [0.1, 0.15) is 12.4 Å². The van der Waals surface area contributed by atoms with Crippen molar-refractivity contribution in [2.24, 2.45) is 0 Å². The molecule has 0 radical (unpaired) electrons. The molecule has 1 heterocycles. The molecule has 1 saturated heterocycles. The second-order valence-electron chi connectivity index (χ2n) is 4.94. The molecule has 0 saturated carbocycles. The van der Waals surface area contributed by atoms with E-state index in [9.17, 15) is 0 Å². The molecule has 1 fully saturated rings. The number of ether oxygens (including phenoxy) is 1. The van der Waals surface area contributed by atoms with Gasteiger partial charge in [-0.25, -0.2) is 0 Å². The van der Waals surface area contributed by atoms with Crippen molar-refractivity contribution in [1.29, 1.82) is 0 Å². The zero-order valence-electron chi connectivity index (χ0n) is 10.9. The molecule has 2 unspecified atom stereocenters. The lowest BCUT2D eigenvalue weighted by molar-refractivity contribution is 0.293. The summed E-state index contributed by atoms with van der Waals surface area (Å²) in [7, 11) is 0. The first-order chi connectivity index (χ1) is 9.72. The highest BCUT2D eigenvalue weighted by Gasteiger charge is 2.34. The molecule has 2 aromatic carbocycles. The summed E-state index contributed by atoms with van der Waals surface area (Å²) in [5, 5.41) is 1.53. The Morgan fingerprint density at radius 3 is 2.75 bits per heavy atom. The minimum absolute atomic E-state index is 0.463. The van der Waals surface area contributed by atoms with Gasteiger partial charge >= 0.3 is 0 Å². The van der Waals surface area contributed by atoms with E-state index in [0.717, 1.165) is 23.9 Å². The summed E-state index contributed by atoms with van der Waals surface area (Å²) in [5.41, 5.74) is 1.17. The molecule has 3 rings (SSSR count). The number of hydrogen-bond acceptors (Lipinski definition) is 2. The van der Waals surface area contributed by atoms with Gasteiger partial charge in [0.15, 0.2) is 0 Å². The number of rotatable bonds is 5. The van der Waals surface area contributed by atoms with Gasteiger partial charge in [-0.2, -0.15) is 0 Å². The lowest BCUT2D eigenvalue weighted by Crippen LogP contribution is -2.11. The van der Waals surface area contributed by atoms with Crippen molar-refractivity contribution in [3.05, 3.63) is 64.1 Å². The van der Waals surface area contributed by atoms with Crippen molar-refractivity contribution in [3.8, 4) is 5.75 Å². The van der Waals surface area contributed by atoms with Crippen molar-refractivity contribution in [2.45, 2.75) is 12.6 Å². The van der Waals surface area contributed by atoms with Crippen LogP contribution in [0.25, 0.3) is 0 Å². The molecule has 104 valence electrons. The maximum absolute atomic E-state index is 6.16. The molecule has 0 N–H and O–H groups in total. The van der Waals surface area contributed by atoms with E-state index < -0.39 is 0 Å². The molecule has 2 nitrogen and oxygen atoms in total. The van der Waals surface area contributed by atoms with Crippen LogP contribution in [0.2, 0.25) is 10.0 Å². The van der Waals surface area contributed by atoms with Gasteiger partial charge in [-0.1, -0.05) is 47.5 Å². The van der Waals surface area contributed by atoms with Crippen LogP contribution in [0, 0.1) is 0 Å². The first kappa shape index (κ1) is 13.7. The smallest absolute Gasteiger partial charge is 0.120 e. The Morgan fingerprint density at radius 1 is 1.10 bits per heavy atom. The maximum atomic E-state index is 6.16. The molecule has 1 aliphatic heterocycles. The molecular formula is C16H15Cl2NO. The Morgan fingerprint density at radius 2 is 1.95 bits per heavy atom. The second kappa shape index (κ2) is 6.04. The van der Waals surface area contributed by atoms with Gasteiger partial charge in [0.2, 0.25) is 0 Å². The summed E-state index contributed by atoms with van der Waals surface area (Å²) in [4.78, 5) is 2.34. The number of benzene rings is 2. The monoisotopic (exact) mass is 307 g/mol. The molecule has 0 bridgehead atoms. The third-order valence-electron chi connectivity index (χ3n) is 3.40. The molecule has 0 aliphatic carbocycles. The first-order valence-corrected chi connectivity index (χ1v) is 7.34. The molecule has 1 aliphatic rings. The Labute approximate surface area is 128 Å². The van der Waals surface area contributed by atoms with Gasteiger partial charge in [0.05, 0.1) is 6.04 Å². The Kier molecular flexibility index (Phi) is 4.16. The predicted octanol–water partition coefficient (Wildman–Crippen LogP) is 4.26. The van der Waals surface area contributed by atoms with Crippen molar-refractivity contribution in [3.63, 3.8) is 0 Å². The first-order valence-electron chi connectivity index (χ1n) is 6.58. The molecule has 2 atom stereocenters. The largest absolute Gasteiger partial charge is 0.492 e. The van der Waals surface area contributed by atoms with Crippen LogP contribution in [0.3, 0.4) is 0 Å². The quantitative estimate of drug-likeness (QED) is 0.765. The van der Waals surface area contributed by atoms with Crippen LogP contribution in [-0.2, 0) is 6.54 Å². The van der Waals surface area contributed by atoms with E-state index in [4.69, 9.17) is 27.9 Å². The molecule has 0 amide bonds. The fourth-order valence-electron chi connectivity index (χ4n) is 2.17. The standard InChI is InChI=1S/C16H15Cl2NO/c17-13-5-3-6-15(8-13)20-11-14-10-19(14)9-12-4-1-2-7-16(12)18/h1-8,14H,9-11H2. The molecule has 0 spiro atoms. The van der Waals surface area contributed by atoms with Crippen molar-refractivity contribution in [2.75, 3.05) is 13.2 Å². The Hall–Kier alpha value is -1.22. The van der Waals surface area contributed by atoms with Crippen LogP contribution in [0.15, 0.2) is 48.5 Å². The average Bonchev–Trinajstić information content (AvgIpc) is 3.18. The van der Waals surface area contributed by atoms with Crippen LogP contribution in [0.4, 0.5) is 0 Å². The number of halogens is 2. The Balaban J connectivity index is 1.49. The summed E-state index contributed by atoms with van der Waals surface area (Å²) in [6, 6.07) is 15.9. The van der Waals surface area contributed by atoms with Crippen molar-refractivity contribution in [1.82, 2.24) is 4.90 Å². The van der Waals surface area contributed by atoms with Crippen LogP contribution in [0.1, 0.15) is 5.56 Å². The van der Waals surface area contributed by atoms with Gasteiger partial charge < -0.3 is 4.74 Å². The van der Waals surface area contributed by atoms with E-state index in [1.165, 1.54) is 5.56 Å². The SMILES string of the molecule is Clc1cccc(OCC2CN2Cc2ccccc2Cl)c1. The molecule has 0 aromatic heterocycles. The van der Waals surface area contributed by atoms with Gasteiger partial charge in [0, 0.05) is 23.1 Å². The highest BCUT2D eigenvalue weighted by Crippen LogP contribution is 2.26. The summed E-state index contributed by atoms with van der Waals surface area (Å²) in [6.45, 7) is 2.61. The summed E-state index contributed by atoms with van der Waals surface area (Å²) in [5.74, 6) is 0.821. The van der Waals surface area contributed by atoms with E-state index in [1.54, 1.807) is 0 Å². The van der Waals surface area contributed by atoms with E-state index in [1.807, 2.05) is 42.5 Å². The van der Waals surface area contributed by atoms with Crippen LogP contribution < -0.4 is 4.74 Å². The molecule has 4 heteroatoms. The Bertz CT molecular complexity index is 603. The zero-order valence-corrected chi connectivity index (χ0v) is 12.4. The highest BCUT2D eigenvalue weighted by atomic mass is 35.5. The van der Waals surface area contributed by atoms with Gasteiger partial charge in [-0.05, 0) is 29.8 Å². The summed E-state index contributed by atoms with van der Waals surface area (Å²) in [6.07, 6.45) is 0. The van der Waals surface area contributed by atoms with Crippen LogP contribution in [-0.4, -0.2) is 24.1 Å². The lowest BCUT2D eigenvalue weighted by atomic mass is 10.2. The van der Waals surface area contributed by atoms with Crippen molar-refractivity contribution < 1.29 is 4.74 Å². The topological polar surface area (TPSA) is 12.2 Å². The predicted molar refractivity (Wildman–Crippen MR) is 82.6 cm³/mol. The number of nitrogens with zero attached hydrogens (tertiary/aromatic N) is 1. The van der Waals surface area contributed by atoms with Gasteiger partial charge in [-0.15, -0.1) is 0 Å². The van der Waals surface area contributed by atoms with E-state index in [2.05, 4.69) is 11.0 Å². The van der Waals surface area contributed by atoms with Crippen molar-refractivity contribution >= 4 is 23.2 Å². The molecule has 2 aromatic rings. The second-order valence-corrected chi connectivity index (χ2v) is 5.79.